The minimum atomic E-state index is -0.994. The number of benzene rings is 1. The van der Waals surface area contributed by atoms with Gasteiger partial charge in [-0.2, -0.15) is 0 Å². The quantitative estimate of drug-likeness (QED) is 0.545. The summed E-state index contributed by atoms with van der Waals surface area (Å²) < 4.78 is 10.9. The molecule has 2 fully saturated rings. The van der Waals surface area contributed by atoms with Crippen LogP contribution in [0.25, 0.3) is 0 Å². The highest BCUT2D eigenvalue weighted by Gasteiger charge is 2.51. The predicted molar refractivity (Wildman–Crippen MR) is 123 cm³/mol. The van der Waals surface area contributed by atoms with Gasteiger partial charge in [0.1, 0.15) is 12.1 Å². The van der Waals surface area contributed by atoms with E-state index in [-0.39, 0.29) is 12.5 Å². The lowest BCUT2D eigenvalue weighted by Gasteiger charge is -2.50. The molecule has 2 N–H and O–H groups in total. The highest BCUT2D eigenvalue weighted by Crippen LogP contribution is 2.43. The summed E-state index contributed by atoms with van der Waals surface area (Å²) in [7, 11) is 0. The predicted octanol–water partition coefficient (Wildman–Crippen LogP) is 2.40. The second-order valence-electron chi connectivity index (χ2n) is 9.11. The molecule has 33 heavy (non-hydrogen) atoms. The first-order valence-electron chi connectivity index (χ1n) is 12.0. The molecule has 182 valence electrons. The summed E-state index contributed by atoms with van der Waals surface area (Å²) in [5.74, 6) is -1.70. The molecule has 4 atom stereocenters. The van der Waals surface area contributed by atoms with Crippen molar-refractivity contribution >= 4 is 17.8 Å². The van der Waals surface area contributed by atoms with Crippen molar-refractivity contribution in [2.45, 2.75) is 70.5 Å². The number of likely N-dealkylation sites (tertiary alicyclic amines) is 1. The minimum Gasteiger partial charge on any atom is -0.480 e. The van der Waals surface area contributed by atoms with E-state index >= 15 is 0 Å². The van der Waals surface area contributed by atoms with E-state index in [4.69, 9.17) is 9.47 Å². The molecule has 8 nitrogen and oxygen atoms in total. The van der Waals surface area contributed by atoms with Crippen molar-refractivity contribution in [2.75, 3.05) is 26.4 Å². The van der Waals surface area contributed by atoms with Crippen LogP contribution in [-0.4, -0.2) is 72.3 Å². The fourth-order valence-corrected chi connectivity index (χ4v) is 5.21. The first-order chi connectivity index (χ1) is 15.9. The van der Waals surface area contributed by atoms with E-state index in [1.54, 1.807) is 13.8 Å². The normalized spacial score (nSPS) is 24.8. The number of carboxylic acids is 1. The third-order valence-corrected chi connectivity index (χ3v) is 6.79. The number of nitrogens with one attached hydrogen (secondary N) is 1. The van der Waals surface area contributed by atoms with E-state index < -0.39 is 35.5 Å². The van der Waals surface area contributed by atoms with E-state index in [0.717, 1.165) is 31.2 Å². The zero-order valence-electron chi connectivity index (χ0n) is 19.6. The maximum absolute atomic E-state index is 13.4. The van der Waals surface area contributed by atoms with Crippen LogP contribution in [-0.2, 0) is 30.3 Å². The van der Waals surface area contributed by atoms with Crippen LogP contribution in [0.4, 0.5) is 0 Å². The van der Waals surface area contributed by atoms with E-state index in [1.165, 1.54) is 4.90 Å². The summed E-state index contributed by atoms with van der Waals surface area (Å²) in [6.07, 6.45) is 4.13. The van der Waals surface area contributed by atoms with Gasteiger partial charge in [0.2, 0.25) is 5.91 Å². The van der Waals surface area contributed by atoms with E-state index in [9.17, 15) is 19.5 Å². The molecule has 0 aromatic heterocycles. The summed E-state index contributed by atoms with van der Waals surface area (Å²) in [5, 5.41) is 13.2. The molecule has 1 aromatic carbocycles. The van der Waals surface area contributed by atoms with Crippen LogP contribution in [0, 0.1) is 5.41 Å². The fourth-order valence-electron chi connectivity index (χ4n) is 5.21. The number of hydrogen-bond acceptors (Lipinski definition) is 6. The van der Waals surface area contributed by atoms with Crippen molar-refractivity contribution in [3.05, 3.63) is 35.9 Å². The number of amides is 1. The Morgan fingerprint density at radius 2 is 1.97 bits per heavy atom. The molecular formula is C25H36N2O6. The average Bonchev–Trinajstić information content (AvgIpc) is 2.82. The molecular weight excluding hydrogens is 424 g/mol. The number of carbonyl (C=O) groups excluding carboxylic acids is 2. The molecule has 0 aliphatic carbocycles. The molecule has 8 heteroatoms. The minimum absolute atomic E-state index is 0.250. The Morgan fingerprint density at radius 1 is 1.24 bits per heavy atom. The maximum Gasteiger partial charge on any atom is 0.327 e. The summed E-state index contributed by atoms with van der Waals surface area (Å²) in [6.45, 7) is 5.06. The average molecular weight is 461 g/mol. The number of nitrogens with zero attached hydrogens (tertiary/aromatic N) is 1. The molecule has 1 aromatic rings. The Hall–Kier alpha value is -2.45. The van der Waals surface area contributed by atoms with Gasteiger partial charge < -0.3 is 19.5 Å². The van der Waals surface area contributed by atoms with Gasteiger partial charge in [-0.3, -0.25) is 14.9 Å². The number of aryl methyl sites for hydroxylation is 1. The zero-order chi connectivity index (χ0) is 23.8. The summed E-state index contributed by atoms with van der Waals surface area (Å²) >= 11 is 0. The van der Waals surface area contributed by atoms with Gasteiger partial charge >= 0.3 is 11.9 Å². The molecule has 2 aliphatic heterocycles. The van der Waals surface area contributed by atoms with Gasteiger partial charge in [-0.25, -0.2) is 4.79 Å². The Kier molecular flexibility index (Phi) is 8.86. The lowest BCUT2D eigenvalue weighted by atomic mass is 9.69. The van der Waals surface area contributed by atoms with Gasteiger partial charge in [0.05, 0.1) is 19.3 Å². The van der Waals surface area contributed by atoms with Gasteiger partial charge in [-0.05, 0) is 57.9 Å². The molecule has 2 aliphatic rings. The second-order valence-corrected chi connectivity index (χ2v) is 9.11. The topological polar surface area (TPSA) is 105 Å². The standard InChI is InChI=1S/C25H36N2O6/c1-3-33-24(31)20(12-11-19-9-5-4-6-10-19)26-18(2)22(28)27-15-7-13-25(21(27)23(29)30)14-8-16-32-17-25/h4-6,9-10,18,20-21,26H,3,7-8,11-17H2,1-2H3,(H,29,30)/t18-,20?,21+,25?/m0/s1. The van der Waals surface area contributed by atoms with Crippen LogP contribution in [0.2, 0.25) is 0 Å². The van der Waals surface area contributed by atoms with E-state index in [2.05, 4.69) is 5.32 Å². The Bertz CT molecular complexity index is 803. The fraction of sp³-hybridized carbons (Fsp3) is 0.640. The largest absolute Gasteiger partial charge is 0.480 e. The summed E-state index contributed by atoms with van der Waals surface area (Å²) in [4.78, 5) is 39.8. The first-order valence-corrected chi connectivity index (χ1v) is 12.0. The zero-order valence-corrected chi connectivity index (χ0v) is 19.6. The number of esters is 1. The monoisotopic (exact) mass is 460 g/mol. The molecule has 2 unspecified atom stereocenters. The Morgan fingerprint density at radius 3 is 2.61 bits per heavy atom. The molecule has 2 saturated heterocycles. The van der Waals surface area contributed by atoms with Crippen molar-refractivity contribution in [3.8, 4) is 0 Å². The lowest BCUT2D eigenvalue weighted by molar-refractivity contribution is -0.169. The van der Waals surface area contributed by atoms with Crippen LogP contribution in [0.3, 0.4) is 0 Å². The molecule has 2 heterocycles. The van der Waals surface area contributed by atoms with Crippen molar-refractivity contribution < 1.29 is 29.0 Å². The van der Waals surface area contributed by atoms with Crippen molar-refractivity contribution in [3.63, 3.8) is 0 Å². The Labute approximate surface area is 195 Å². The number of ether oxygens (including phenoxy) is 2. The smallest absolute Gasteiger partial charge is 0.327 e. The van der Waals surface area contributed by atoms with Gasteiger partial charge in [-0.15, -0.1) is 0 Å². The van der Waals surface area contributed by atoms with Crippen molar-refractivity contribution in [1.82, 2.24) is 10.2 Å². The number of aliphatic carboxylic acids is 1. The maximum atomic E-state index is 13.4. The third-order valence-electron chi connectivity index (χ3n) is 6.79. The number of hydrogen-bond donors (Lipinski definition) is 2. The highest BCUT2D eigenvalue weighted by atomic mass is 16.5. The molecule has 0 radical (unpaired) electrons. The van der Waals surface area contributed by atoms with E-state index in [0.29, 0.717) is 32.6 Å². The molecule has 3 rings (SSSR count). The van der Waals surface area contributed by atoms with Gasteiger partial charge in [0.25, 0.3) is 0 Å². The third kappa shape index (κ3) is 6.12. The molecule has 0 bridgehead atoms. The van der Waals surface area contributed by atoms with Crippen LogP contribution < -0.4 is 5.32 Å². The van der Waals surface area contributed by atoms with E-state index in [1.807, 2.05) is 30.3 Å². The lowest BCUT2D eigenvalue weighted by Crippen LogP contribution is -2.63. The van der Waals surface area contributed by atoms with Crippen LogP contribution in [0.5, 0.6) is 0 Å². The van der Waals surface area contributed by atoms with Gasteiger partial charge in [-0.1, -0.05) is 30.3 Å². The first kappa shape index (κ1) is 25.2. The molecule has 1 spiro atoms. The highest BCUT2D eigenvalue weighted by molar-refractivity contribution is 5.88. The van der Waals surface area contributed by atoms with Crippen molar-refractivity contribution in [2.24, 2.45) is 5.41 Å². The molecule has 0 saturated carbocycles. The number of carboxylic acid groups (broad SMARTS) is 1. The molecule has 1 amide bonds. The van der Waals surface area contributed by atoms with Gasteiger partial charge in [0.15, 0.2) is 0 Å². The van der Waals surface area contributed by atoms with Crippen LogP contribution >= 0.6 is 0 Å². The summed E-state index contributed by atoms with van der Waals surface area (Å²) in [5.41, 5.74) is 0.541. The summed E-state index contributed by atoms with van der Waals surface area (Å²) in [6, 6.07) is 7.51. The number of rotatable bonds is 9. The van der Waals surface area contributed by atoms with Crippen LogP contribution in [0.1, 0.15) is 51.5 Å². The van der Waals surface area contributed by atoms with Crippen LogP contribution in [0.15, 0.2) is 30.3 Å². The second kappa shape index (κ2) is 11.6. The number of piperidine rings is 1. The SMILES string of the molecule is CCOC(=O)C(CCc1ccccc1)N[C@@H](C)C(=O)N1CCCC2(CCCOC2)[C@H]1C(=O)O. The Balaban J connectivity index is 1.72. The number of carbonyl (C=O) groups is 3. The van der Waals surface area contributed by atoms with Gasteiger partial charge in [0, 0.05) is 18.6 Å². The van der Waals surface area contributed by atoms with Crippen molar-refractivity contribution in [1.29, 1.82) is 0 Å².